The quantitative estimate of drug-likeness (QED) is 0.839. The standard InChI is InChI=1S/C13H21NO.ClH/c1-7-8(2)10(4)13(12(14)6-15)11(5)9(7)3;/h12,15H,6,14H2,1-5H3;1H/t12-;/m1./s1. The molecule has 2 nitrogen and oxygen atoms in total. The second-order valence-corrected chi connectivity index (χ2v) is 4.33. The lowest BCUT2D eigenvalue weighted by Gasteiger charge is -2.21. The molecule has 0 unspecified atom stereocenters. The van der Waals surface area contributed by atoms with Gasteiger partial charge in [0.25, 0.3) is 0 Å². The van der Waals surface area contributed by atoms with Crippen LogP contribution in [0, 0.1) is 34.6 Å². The summed E-state index contributed by atoms with van der Waals surface area (Å²) in [6, 6.07) is -0.261. The van der Waals surface area contributed by atoms with Crippen molar-refractivity contribution in [3.8, 4) is 0 Å². The Bertz CT molecular complexity index is 359. The molecule has 16 heavy (non-hydrogen) atoms. The van der Waals surface area contributed by atoms with Gasteiger partial charge < -0.3 is 10.8 Å². The van der Waals surface area contributed by atoms with E-state index in [9.17, 15) is 0 Å². The highest BCUT2D eigenvalue weighted by atomic mass is 35.5. The SMILES string of the molecule is Cc1c(C)c(C)c([C@H](N)CO)c(C)c1C.Cl. The molecule has 0 heterocycles. The van der Waals surface area contributed by atoms with Crippen molar-refractivity contribution in [2.75, 3.05) is 6.61 Å². The molecule has 0 fully saturated rings. The minimum Gasteiger partial charge on any atom is -0.394 e. The summed E-state index contributed by atoms with van der Waals surface area (Å²) in [7, 11) is 0. The van der Waals surface area contributed by atoms with Gasteiger partial charge in [0, 0.05) is 0 Å². The summed E-state index contributed by atoms with van der Waals surface area (Å²) >= 11 is 0. The van der Waals surface area contributed by atoms with E-state index in [-0.39, 0.29) is 25.1 Å². The van der Waals surface area contributed by atoms with Crippen LogP contribution in [0.25, 0.3) is 0 Å². The lowest BCUT2D eigenvalue weighted by atomic mass is 9.87. The first kappa shape index (κ1) is 15.4. The molecule has 0 spiro atoms. The van der Waals surface area contributed by atoms with Gasteiger partial charge in [0.05, 0.1) is 12.6 Å². The Morgan fingerprint density at radius 3 is 1.50 bits per heavy atom. The highest BCUT2D eigenvalue weighted by Crippen LogP contribution is 2.29. The Hall–Kier alpha value is -0.570. The fourth-order valence-corrected chi connectivity index (χ4v) is 2.18. The van der Waals surface area contributed by atoms with Crippen LogP contribution in [0.1, 0.15) is 39.4 Å². The van der Waals surface area contributed by atoms with E-state index in [0.29, 0.717) is 0 Å². The van der Waals surface area contributed by atoms with E-state index in [0.717, 1.165) is 5.56 Å². The maximum absolute atomic E-state index is 9.16. The molecule has 3 heteroatoms. The topological polar surface area (TPSA) is 46.2 Å². The summed E-state index contributed by atoms with van der Waals surface area (Å²) in [5.41, 5.74) is 13.4. The van der Waals surface area contributed by atoms with Crippen molar-refractivity contribution in [2.45, 2.75) is 40.7 Å². The highest BCUT2D eigenvalue weighted by molar-refractivity contribution is 5.85. The fraction of sp³-hybridized carbons (Fsp3) is 0.538. The molecule has 0 aromatic heterocycles. The number of hydrogen-bond donors (Lipinski definition) is 2. The molecule has 0 amide bonds. The molecule has 0 aliphatic heterocycles. The van der Waals surface area contributed by atoms with Gasteiger partial charge in [0.15, 0.2) is 0 Å². The van der Waals surface area contributed by atoms with Gasteiger partial charge >= 0.3 is 0 Å². The van der Waals surface area contributed by atoms with E-state index >= 15 is 0 Å². The van der Waals surface area contributed by atoms with Crippen LogP contribution in [0.3, 0.4) is 0 Å². The van der Waals surface area contributed by atoms with Crippen molar-refractivity contribution in [1.82, 2.24) is 0 Å². The Morgan fingerprint density at radius 1 is 0.875 bits per heavy atom. The number of rotatable bonds is 2. The molecule has 0 radical (unpaired) electrons. The zero-order valence-electron chi connectivity index (χ0n) is 10.7. The average Bonchev–Trinajstić information content (AvgIpc) is 2.23. The van der Waals surface area contributed by atoms with E-state index in [1.54, 1.807) is 0 Å². The number of aliphatic hydroxyl groups is 1. The van der Waals surface area contributed by atoms with Gasteiger partial charge in [-0.1, -0.05) is 0 Å². The number of hydrogen-bond acceptors (Lipinski definition) is 2. The first-order valence-corrected chi connectivity index (χ1v) is 5.35. The molecule has 0 saturated heterocycles. The van der Waals surface area contributed by atoms with Gasteiger partial charge in [0.1, 0.15) is 0 Å². The first-order valence-electron chi connectivity index (χ1n) is 5.35. The van der Waals surface area contributed by atoms with Gasteiger partial charge in [-0.3, -0.25) is 0 Å². The zero-order chi connectivity index (χ0) is 11.7. The summed E-state index contributed by atoms with van der Waals surface area (Å²) in [6.45, 7) is 10.5. The molecule has 1 aromatic rings. The maximum Gasteiger partial charge on any atom is 0.0624 e. The van der Waals surface area contributed by atoms with Crippen LogP contribution in [-0.4, -0.2) is 11.7 Å². The Labute approximate surface area is 104 Å². The van der Waals surface area contributed by atoms with E-state index < -0.39 is 0 Å². The Balaban J connectivity index is 0.00000225. The van der Waals surface area contributed by atoms with E-state index in [2.05, 4.69) is 34.6 Å². The molecular formula is C13H22ClNO. The minimum atomic E-state index is -0.261. The van der Waals surface area contributed by atoms with Crippen molar-refractivity contribution < 1.29 is 5.11 Å². The molecule has 0 bridgehead atoms. The summed E-state index contributed by atoms with van der Waals surface area (Å²) in [5, 5.41) is 9.16. The third-order valence-corrected chi connectivity index (χ3v) is 3.63. The average molecular weight is 244 g/mol. The Kier molecular flexibility index (Phi) is 5.47. The van der Waals surface area contributed by atoms with Crippen molar-refractivity contribution in [2.24, 2.45) is 5.73 Å². The summed E-state index contributed by atoms with van der Waals surface area (Å²) in [6.07, 6.45) is 0. The van der Waals surface area contributed by atoms with E-state index in [4.69, 9.17) is 10.8 Å². The van der Waals surface area contributed by atoms with Gasteiger partial charge in [-0.2, -0.15) is 0 Å². The van der Waals surface area contributed by atoms with Gasteiger partial charge in [-0.05, 0) is 68.0 Å². The molecule has 0 saturated carbocycles. The number of aliphatic hydroxyl groups excluding tert-OH is 1. The van der Waals surface area contributed by atoms with Gasteiger partial charge in [0.2, 0.25) is 0 Å². The van der Waals surface area contributed by atoms with Crippen molar-refractivity contribution in [3.05, 3.63) is 33.4 Å². The van der Waals surface area contributed by atoms with Gasteiger partial charge in [-0.25, -0.2) is 0 Å². The summed E-state index contributed by atoms with van der Waals surface area (Å²) in [5.74, 6) is 0. The summed E-state index contributed by atoms with van der Waals surface area (Å²) in [4.78, 5) is 0. The second-order valence-electron chi connectivity index (χ2n) is 4.33. The normalized spacial score (nSPS) is 12.2. The third-order valence-electron chi connectivity index (χ3n) is 3.63. The maximum atomic E-state index is 9.16. The highest BCUT2D eigenvalue weighted by Gasteiger charge is 2.16. The third kappa shape index (κ3) is 2.40. The van der Waals surface area contributed by atoms with E-state index in [1.165, 1.54) is 27.8 Å². The number of halogens is 1. The zero-order valence-corrected chi connectivity index (χ0v) is 11.5. The number of nitrogens with two attached hydrogens (primary N) is 1. The van der Waals surface area contributed by atoms with Crippen LogP contribution < -0.4 is 5.73 Å². The van der Waals surface area contributed by atoms with Crippen LogP contribution in [0.2, 0.25) is 0 Å². The smallest absolute Gasteiger partial charge is 0.0624 e. The van der Waals surface area contributed by atoms with Gasteiger partial charge in [-0.15, -0.1) is 12.4 Å². The lowest BCUT2D eigenvalue weighted by Crippen LogP contribution is -2.19. The number of benzene rings is 1. The molecule has 0 aliphatic rings. The molecule has 1 atom stereocenters. The molecule has 1 aromatic carbocycles. The van der Waals surface area contributed by atoms with Crippen LogP contribution in [0.4, 0.5) is 0 Å². The van der Waals surface area contributed by atoms with Crippen molar-refractivity contribution in [1.29, 1.82) is 0 Å². The monoisotopic (exact) mass is 243 g/mol. The first-order chi connectivity index (χ1) is 6.91. The molecule has 1 rings (SSSR count). The second kappa shape index (κ2) is 5.67. The summed E-state index contributed by atoms with van der Waals surface area (Å²) < 4.78 is 0. The predicted octanol–water partition coefficient (Wildman–Crippen LogP) is 2.64. The molecular weight excluding hydrogens is 222 g/mol. The van der Waals surface area contributed by atoms with Crippen molar-refractivity contribution >= 4 is 12.4 Å². The Morgan fingerprint density at radius 2 is 1.19 bits per heavy atom. The predicted molar refractivity (Wildman–Crippen MR) is 71.4 cm³/mol. The van der Waals surface area contributed by atoms with Crippen LogP contribution in [-0.2, 0) is 0 Å². The van der Waals surface area contributed by atoms with E-state index in [1.807, 2.05) is 0 Å². The van der Waals surface area contributed by atoms with Crippen molar-refractivity contribution in [3.63, 3.8) is 0 Å². The minimum absolute atomic E-state index is 0. The molecule has 92 valence electrons. The molecule has 0 aliphatic carbocycles. The largest absolute Gasteiger partial charge is 0.394 e. The molecule has 3 N–H and O–H groups in total. The fourth-order valence-electron chi connectivity index (χ4n) is 2.18. The van der Waals surface area contributed by atoms with Crippen LogP contribution in [0.15, 0.2) is 0 Å². The lowest BCUT2D eigenvalue weighted by molar-refractivity contribution is 0.267. The van der Waals surface area contributed by atoms with Crippen LogP contribution >= 0.6 is 12.4 Å². The van der Waals surface area contributed by atoms with Crippen LogP contribution in [0.5, 0.6) is 0 Å².